The zero-order valence-corrected chi connectivity index (χ0v) is 10.2. The Morgan fingerprint density at radius 1 is 1.29 bits per heavy atom. The molecular weight excluding hydrogens is 212 g/mol. The summed E-state index contributed by atoms with van der Waals surface area (Å²) in [6.45, 7) is 3.15. The minimum absolute atomic E-state index is 0.296. The van der Waals surface area contributed by atoms with Gasteiger partial charge in [0.25, 0.3) is 0 Å². The highest BCUT2D eigenvalue weighted by molar-refractivity contribution is 5.76. The molecule has 0 amide bonds. The normalized spacial score (nSPS) is 21.6. The lowest BCUT2D eigenvalue weighted by atomic mass is 10.1. The quantitative estimate of drug-likeness (QED) is 0.816. The molecule has 0 bridgehead atoms. The Bertz CT molecular complexity index is 510. The predicted octanol–water partition coefficient (Wildman–Crippen LogP) is 3.34. The van der Waals surface area contributed by atoms with Crippen molar-refractivity contribution in [3.05, 3.63) is 29.7 Å². The number of nitrogens with zero attached hydrogens (tertiary/aromatic N) is 1. The fourth-order valence-electron chi connectivity index (χ4n) is 2.49. The minimum Gasteiger partial charge on any atom is -0.439 e. The van der Waals surface area contributed by atoms with Crippen LogP contribution in [0.5, 0.6) is 0 Å². The third kappa shape index (κ3) is 2.07. The molecule has 0 saturated carbocycles. The molecule has 1 aromatic heterocycles. The molecule has 1 aliphatic rings. The van der Waals surface area contributed by atoms with Gasteiger partial charge in [0.15, 0.2) is 5.58 Å². The number of hydrogen-bond acceptors (Lipinski definition) is 3. The van der Waals surface area contributed by atoms with E-state index in [0.29, 0.717) is 6.04 Å². The van der Waals surface area contributed by atoms with E-state index in [0.717, 1.165) is 30.0 Å². The van der Waals surface area contributed by atoms with Gasteiger partial charge in [-0.15, -0.1) is 0 Å². The highest BCUT2D eigenvalue weighted by Gasteiger charge is 2.19. The van der Waals surface area contributed by atoms with Gasteiger partial charge in [-0.25, -0.2) is 4.98 Å². The van der Waals surface area contributed by atoms with Gasteiger partial charge in [-0.1, -0.05) is 25.0 Å². The van der Waals surface area contributed by atoms with Gasteiger partial charge in [-0.05, 0) is 37.9 Å². The maximum atomic E-state index is 5.87. The minimum atomic E-state index is 0.296. The average molecular weight is 230 g/mol. The van der Waals surface area contributed by atoms with E-state index in [2.05, 4.69) is 23.3 Å². The Morgan fingerprint density at radius 2 is 2.24 bits per heavy atom. The summed E-state index contributed by atoms with van der Waals surface area (Å²) in [6, 6.07) is 6.39. The van der Waals surface area contributed by atoms with Crippen molar-refractivity contribution >= 4 is 11.1 Å². The van der Waals surface area contributed by atoms with E-state index in [1.807, 2.05) is 12.1 Å². The molecule has 2 aromatic rings. The van der Waals surface area contributed by atoms with E-state index in [1.54, 1.807) is 0 Å². The second-order valence-corrected chi connectivity index (χ2v) is 4.83. The Hall–Kier alpha value is -1.35. The summed E-state index contributed by atoms with van der Waals surface area (Å²) in [5.41, 5.74) is 3.10. The van der Waals surface area contributed by atoms with Gasteiger partial charge in [0, 0.05) is 0 Å². The average Bonchev–Trinajstić information content (AvgIpc) is 2.59. The lowest BCUT2D eigenvalue weighted by Crippen LogP contribution is -2.20. The third-order valence-corrected chi connectivity index (χ3v) is 3.50. The first-order valence-electron chi connectivity index (χ1n) is 6.44. The van der Waals surface area contributed by atoms with Crippen molar-refractivity contribution in [1.29, 1.82) is 0 Å². The molecule has 1 atom stereocenters. The van der Waals surface area contributed by atoms with Crippen molar-refractivity contribution in [2.45, 2.75) is 38.6 Å². The van der Waals surface area contributed by atoms with Crippen LogP contribution in [-0.4, -0.2) is 11.5 Å². The molecule has 2 heterocycles. The number of rotatable bonds is 1. The van der Waals surface area contributed by atoms with Crippen molar-refractivity contribution in [3.8, 4) is 0 Å². The van der Waals surface area contributed by atoms with Crippen LogP contribution in [0.15, 0.2) is 22.6 Å². The zero-order chi connectivity index (χ0) is 11.7. The summed E-state index contributed by atoms with van der Waals surface area (Å²) in [5.74, 6) is 0.858. The second kappa shape index (κ2) is 4.49. The molecule has 0 aliphatic carbocycles. The fraction of sp³-hybridized carbons (Fsp3) is 0.500. The summed E-state index contributed by atoms with van der Waals surface area (Å²) >= 11 is 0. The summed E-state index contributed by atoms with van der Waals surface area (Å²) in [7, 11) is 0. The molecule has 1 N–H and O–H groups in total. The van der Waals surface area contributed by atoms with E-state index < -0.39 is 0 Å². The van der Waals surface area contributed by atoms with Gasteiger partial charge in [-0.2, -0.15) is 0 Å². The second-order valence-electron chi connectivity index (χ2n) is 4.83. The van der Waals surface area contributed by atoms with Crippen LogP contribution in [0.4, 0.5) is 0 Å². The van der Waals surface area contributed by atoms with Crippen LogP contribution in [0.3, 0.4) is 0 Å². The first-order chi connectivity index (χ1) is 8.34. The summed E-state index contributed by atoms with van der Waals surface area (Å²) in [6.07, 6.45) is 4.96. The Kier molecular flexibility index (Phi) is 2.85. The van der Waals surface area contributed by atoms with Crippen LogP contribution in [0.2, 0.25) is 0 Å². The summed E-state index contributed by atoms with van der Waals surface area (Å²) in [4.78, 5) is 4.65. The largest absolute Gasteiger partial charge is 0.439 e. The highest BCUT2D eigenvalue weighted by Crippen LogP contribution is 2.26. The molecule has 1 aromatic carbocycles. The molecule has 90 valence electrons. The van der Waals surface area contributed by atoms with Gasteiger partial charge >= 0.3 is 0 Å². The number of nitrogens with one attached hydrogen (secondary N) is 1. The SMILES string of the molecule is Cc1cccc2oc(C3CCCCCN3)nc12. The van der Waals surface area contributed by atoms with Crippen LogP contribution in [0.25, 0.3) is 11.1 Å². The van der Waals surface area contributed by atoms with Crippen molar-refractivity contribution in [3.63, 3.8) is 0 Å². The Morgan fingerprint density at radius 3 is 3.12 bits per heavy atom. The molecule has 1 fully saturated rings. The number of aryl methyl sites for hydroxylation is 1. The summed E-state index contributed by atoms with van der Waals surface area (Å²) in [5, 5.41) is 3.52. The zero-order valence-electron chi connectivity index (χ0n) is 10.2. The lowest BCUT2D eigenvalue weighted by molar-refractivity contribution is 0.410. The van der Waals surface area contributed by atoms with Crippen molar-refractivity contribution in [2.24, 2.45) is 0 Å². The molecular formula is C14H18N2O. The smallest absolute Gasteiger partial charge is 0.212 e. The first kappa shape index (κ1) is 10.8. The molecule has 3 rings (SSSR count). The molecule has 17 heavy (non-hydrogen) atoms. The molecule has 0 spiro atoms. The highest BCUT2D eigenvalue weighted by atomic mass is 16.3. The third-order valence-electron chi connectivity index (χ3n) is 3.50. The van der Waals surface area contributed by atoms with Gasteiger partial charge in [-0.3, -0.25) is 0 Å². The Labute approximate surface area is 101 Å². The first-order valence-corrected chi connectivity index (χ1v) is 6.44. The van der Waals surface area contributed by atoms with E-state index in [4.69, 9.17) is 4.42 Å². The number of para-hydroxylation sites is 1. The van der Waals surface area contributed by atoms with Crippen molar-refractivity contribution in [1.82, 2.24) is 10.3 Å². The molecule has 1 unspecified atom stereocenters. The number of hydrogen-bond donors (Lipinski definition) is 1. The van der Waals surface area contributed by atoms with Gasteiger partial charge in [0.1, 0.15) is 5.52 Å². The van der Waals surface area contributed by atoms with Crippen molar-refractivity contribution < 1.29 is 4.42 Å². The van der Waals surface area contributed by atoms with Crippen LogP contribution in [0, 0.1) is 6.92 Å². The van der Waals surface area contributed by atoms with E-state index in [-0.39, 0.29) is 0 Å². The number of aromatic nitrogens is 1. The number of benzene rings is 1. The van der Waals surface area contributed by atoms with Gasteiger partial charge in [0.2, 0.25) is 5.89 Å². The van der Waals surface area contributed by atoms with Crippen LogP contribution >= 0.6 is 0 Å². The van der Waals surface area contributed by atoms with Gasteiger partial charge in [0.05, 0.1) is 6.04 Å². The van der Waals surface area contributed by atoms with E-state index in [1.165, 1.54) is 24.8 Å². The lowest BCUT2D eigenvalue weighted by Gasteiger charge is -2.10. The summed E-state index contributed by atoms with van der Waals surface area (Å²) < 4.78 is 5.87. The number of oxazole rings is 1. The molecule has 3 heteroatoms. The maximum Gasteiger partial charge on any atom is 0.212 e. The standard InChI is InChI=1S/C14H18N2O/c1-10-6-5-8-12-13(10)16-14(17-12)11-7-3-2-4-9-15-11/h5-6,8,11,15H,2-4,7,9H2,1H3. The maximum absolute atomic E-state index is 5.87. The van der Waals surface area contributed by atoms with E-state index >= 15 is 0 Å². The van der Waals surface area contributed by atoms with Crippen molar-refractivity contribution in [2.75, 3.05) is 6.54 Å². The number of fused-ring (bicyclic) bond motifs is 1. The van der Waals surface area contributed by atoms with E-state index in [9.17, 15) is 0 Å². The van der Waals surface area contributed by atoms with Crippen LogP contribution in [-0.2, 0) is 0 Å². The van der Waals surface area contributed by atoms with Crippen LogP contribution in [0.1, 0.15) is 43.2 Å². The monoisotopic (exact) mass is 230 g/mol. The fourth-order valence-corrected chi connectivity index (χ4v) is 2.49. The van der Waals surface area contributed by atoms with Crippen LogP contribution < -0.4 is 5.32 Å². The van der Waals surface area contributed by atoms with Gasteiger partial charge < -0.3 is 9.73 Å². The molecule has 3 nitrogen and oxygen atoms in total. The Balaban J connectivity index is 1.96. The molecule has 1 aliphatic heterocycles. The predicted molar refractivity (Wildman–Crippen MR) is 68.0 cm³/mol. The molecule has 1 saturated heterocycles. The molecule has 0 radical (unpaired) electrons. The topological polar surface area (TPSA) is 38.1 Å².